The molecule has 4 rings (SSSR count). The number of benzene rings is 1. The molecule has 198 valence electrons. The van der Waals surface area contributed by atoms with Gasteiger partial charge in [-0.1, -0.05) is 35.7 Å². The van der Waals surface area contributed by atoms with E-state index in [-0.39, 0.29) is 34.4 Å². The van der Waals surface area contributed by atoms with Gasteiger partial charge in [-0.3, -0.25) is 14.4 Å². The SMILES string of the molecule is CCCCCNC(=O)C1N([C@H](C)CO)C(=O)[C@@H]2[C@H](C(=O)Nc3ccc(OCC)cc3)[C@H]3SC12CC3Br. The third kappa shape index (κ3) is 4.76. The van der Waals surface area contributed by atoms with Crippen LogP contribution in [0, 0.1) is 11.8 Å². The van der Waals surface area contributed by atoms with Gasteiger partial charge in [-0.2, -0.15) is 0 Å². The molecule has 1 aromatic carbocycles. The first kappa shape index (κ1) is 27.3. The number of aliphatic hydroxyl groups excluding tert-OH is 1. The van der Waals surface area contributed by atoms with Crippen LogP contribution in [0.4, 0.5) is 5.69 Å². The molecule has 3 heterocycles. The number of hydrogen-bond donors (Lipinski definition) is 3. The predicted octanol–water partition coefficient (Wildman–Crippen LogP) is 3.18. The van der Waals surface area contributed by atoms with Gasteiger partial charge in [0, 0.05) is 22.3 Å². The number of unbranched alkanes of at least 4 members (excludes halogenated alkanes) is 2. The van der Waals surface area contributed by atoms with Crippen LogP contribution in [0.5, 0.6) is 5.75 Å². The van der Waals surface area contributed by atoms with Crippen molar-refractivity contribution in [3.05, 3.63) is 24.3 Å². The summed E-state index contributed by atoms with van der Waals surface area (Å²) in [4.78, 5) is 42.6. The lowest BCUT2D eigenvalue weighted by molar-refractivity contribution is -0.141. The zero-order chi connectivity index (χ0) is 26.0. The standard InChI is InChI=1S/C26H36BrN3O5S/c1-4-6-7-12-28-24(33)22-26-13-18(27)21(36-26)19(20(26)25(34)30(22)15(3)14-31)23(32)29-16-8-10-17(11-9-16)35-5-2/h8-11,15,18-22,31H,4-7,12-14H2,1-3H3,(H,28,33)(H,29,32)/t15-,18?,19+,20+,21+,22?,26?/m1/s1. The number of nitrogens with zero attached hydrogens (tertiary/aromatic N) is 1. The normalized spacial score (nSPS) is 31.3. The van der Waals surface area contributed by atoms with E-state index < -0.39 is 28.7 Å². The zero-order valence-electron chi connectivity index (χ0n) is 21.0. The van der Waals surface area contributed by atoms with Gasteiger partial charge in [0.25, 0.3) is 0 Å². The number of alkyl halides is 1. The van der Waals surface area contributed by atoms with Crippen molar-refractivity contribution in [1.29, 1.82) is 0 Å². The Morgan fingerprint density at radius 3 is 2.61 bits per heavy atom. The number of ether oxygens (including phenoxy) is 1. The molecule has 36 heavy (non-hydrogen) atoms. The van der Waals surface area contributed by atoms with Crippen molar-refractivity contribution in [2.75, 3.05) is 25.1 Å². The topological polar surface area (TPSA) is 108 Å². The first-order valence-electron chi connectivity index (χ1n) is 12.8. The van der Waals surface area contributed by atoms with Crippen LogP contribution >= 0.6 is 27.7 Å². The molecular weight excluding hydrogens is 546 g/mol. The highest BCUT2D eigenvalue weighted by Crippen LogP contribution is 2.68. The molecule has 1 aromatic rings. The van der Waals surface area contributed by atoms with Crippen molar-refractivity contribution in [1.82, 2.24) is 10.2 Å². The van der Waals surface area contributed by atoms with Crippen molar-refractivity contribution in [2.24, 2.45) is 11.8 Å². The van der Waals surface area contributed by atoms with E-state index in [1.165, 1.54) is 0 Å². The maximum atomic E-state index is 13.9. The average molecular weight is 583 g/mol. The molecule has 0 aliphatic carbocycles. The number of thioether (sulfide) groups is 1. The van der Waals surface area contributed by atoms with E-state index >= 15 is 0 Å². The molecular formula is C26H36BrN3O5S. The molecule has 7 atom stereocenters. The van der Waals surface area contributed by atoms with Gasteiger partial charge in [0.05, 0.1) is 35.8 Å². The number of carbonyl (C=O) groups is 3. The summed E-state index contributed by atoms with van der Waals surface area (Å²) in [5.41, 5.74) is 0.632. The Kier molecular flexibility index (Phi) is 8.56. The minimum atomic E-state index is -0.725. The molecule has 10 heteroatoms. The van der Waals surface area contributed by atoms with Crippen molar-refractivity contribution in [3.8, 4) is 5.75 Å². The highest BCUT2D eigenvalue weighted by atomic mass is 79.9. The van der Waals surface area contributed by atoms with Crippen LogP contribution in [-0.4, -0.2) is 74.4 Å². The van der Waals surface area contributed by atoms with E-state index in [1.807, 2.05) is 6.92 Å². The fourth-order valence-corrected chi connectivity index (χ4v) is 9.54. The number of likely N-dealkylation sites (tertiary alicyclic amines) is 1. The Balaban J connectivity index is 1.61. The fraction of sp³-hybridized carbons (Fsp3) is 0.654. The van der Waals surface area contributed by atoms with E-state index in [1.54, 1.807) is 47.9 Å². The summed E-state index contributed by atoms with van der Waals surface area (Å²) in [6.45, 7) is 6.63. The fourth-order valence-electron chi connectivity index (χ4n) is 5.94. The number of nitrogens with one attached hydrogen (secondary N) is 2. The predicted molar refractivity (Wildman–Crippen MR) is 144 cm³/mol. The van der Waals surface area contributed by atoms with Crippen molar-refractivity contribution >= 4 is 51.1 Å². The lowest BCUT2D eigenvalue weighted by atomic mass is 9.70. The summed E-state index contributed by atoms with van der Waals surface area (Å²) >= 11 is 5.36. The molecule has 3 N–H and O–H groups in total. The number of aliphatic hydroxyl groups is 1. The second-order valence-corrected chi connectivity index (χ2v) is 12.6. The van der Waals surface area contributed by atoms with Gasteiger partial charge in [-0.15, -0.1) is 11.8 Å². The molecule has 0 saturated carbocycles. The molecule has 3 aliphatic heterocycles. The van der Waals surface area contributed by atoms with E-state index in [0.717, 1.165) is 25.0 Å². The summed E-state index contributed by atoms with van der Waals surface area (Å²) in [5, 5.41) is 15.8. The number of halogens is 1. The molecule has 3 saturated heterocycles. The minimum Gasteiger partial charge on any atom is -0.494 e. The Hall–Kier alpha value is -1.78. The maximum Gasteiger partial charge on any atom is 0.244 e. The average Bonchev–Trinajstić information content (AvgIpc) is 3.46. The van der Waals surface area contributed by atoms with Crippen LogP contribution in [0.3, 0.4) is 0 Å². The van der Waals surface area contributed by atoms with Gasteiger partial charge >= 0.3 is 0 Å². The number of anilines is 1. The largest absolute Gasteiger partial charge is 0.494 e. The third-order valence-electron chi connectivity index (χ3n) is 7.53. The number of fused-ring (bicyclic) bond motifs is 1. The third-order valence-corrected chi connectivity index (χ3v) is 10.7. The number of rotatable bonds is 11. The minimum absolute atomic E-state index is 0.00223. The second kappa shape index (κ2) is 11.3. The van der Waals surface area contributed by atoms with Crippen molar-refractivity contribution in [3.63, 3.8) is 0 Å². The highest BCUT2D eigenvalue weighted by molar-refractivity contribution is 9.09. The summed E-state index contributed by atoms with van der Waals surface area (Å²) in [5.74, 6) is -1.11. The summed E-state index contributed by atoms with van der Waals surface area (Å²) in [7, 11) is 0. The summed E-state index contributed by atoms with van der Waals surface area (Å²) in [6, 6.07) is 5.92. The molecule has 0 aromatic heterocycles. The summed E-state index contributed by atoms with van der Waals surface area (Å²) in [6.07, 6.45) is 3.56. The quantitative estimate of drug-likeness (QED) is 0.273. The lowest BCUT2D eigenvalue weighted by Crippen LogP contribution is -2.56. The van der Waals surface area contributed by atoms with Crippen LogP contribution in [0.15, 0.2) is 24.3 Å². The Morgan fingerprint density at radius 1 is 1.25 bits per heavy atom. The van der Waals surface area contributed by atoms with Crippen molar-refractivity contribution < 1.29 is 24.2 Å². The van der Waals surface area contributed by atoms with Gasteiger partial charge in [0.2, 0.25) is 17.7 Å². The first-order chi connectivity index (χ1) is 17.3. The monoisotopic (exact) mass is 581 g/mol. The van der Waals surface area contributed by atoms with Gasteiger partial charge in [-0.25, -0.2) is 0 Å². The molecule has 3 unspecified atom stereocenters. The van der Waals surface area contributed by atoms with Gasteiger partial charge in [0.1, 0.15) is 11.8 Å². The number of hydrogen-bond acceptors (Lipinski definition) is 6. The molecule has 3 aliphatic rings. The van der Waals surface area contributed by atoms with Crippen molar-refractivity contribution in [2.45, 2.75) is 73.4 Å². The highest BCUT2D eigenvalue weighted by Gasteiger charge is 2.75. The van der Waals surface area contributed by atoms with E-state index in [9.17, 15) is 19.5 Å². The van der Waals surface area contributed by atoms with Crippen LogP contribution in [-0.2, 0) is 14.4 Å². The zero-order valence-corrected chi connectivity index (χ0v) is 23.4. The molecule has 1 spiro atoms. The first-order valence-corrected chi connectivity index (χ1v) is 14.6. The maximum absolute atomic E-state index is 13.9. The number of amides is 3. The van der Waals surface area contributed by atoms with Gasteiger partial charge in [0.15, 0.2) is 0 Å². The Labute approximate surface area is 225 Å². The van der Waals surface area contributed by atoms with Crippen LogP contribution in [0.2, 0.25) is 0 Å². The van der Waals surface area contributed by atoms with Gasteiger partial charge in [-0.05, 0) is 51.0 Å². The molecule has 3 fully saturated rings. The van der Waals surface area contributed by atoms with E-state index in [4.69, 9.17) is 4.74 Å². The smallest absolute Gasteiger partial charge is 0.244 e. The molecule has 3 amide bonds. The Morgan fingerprint density at radius 2 is 1.97 bits per heavy atom. The molecule has 2 bridgehead atoms. The van der Waals surface area contributed by atoms with Crippen LogP contribution in [0.25, 0.3) is 0 Å². The van der Waals surface area contributed by atoms with Crippen LogP contribution in [0.1, 0.15) is 46.5 Å². The lowest BCUT2D eigenvalue weighted by Gasteiger charge is -2.36. The van der Waals surface area contributed by atoms with Crippen LogP contribution < -0.4 is 15.4 Å². The second-order valence-electron chi connectivity index (χ2n) is 9.89. The molecule has 8 nitrogen and oxygen atoms in total. The van der Waals surface area contributed by atoms with E-state index in [2.05, 4.69) is 33.5 Å². The van der Waals surface area contributed by atoms with E-state index in [0.29, 0.717) is 25.3 Å². The molecule has 0 radical (unpaired) electrons. The number of carbonyl (C=O) groups excluding carboxylic acids is 3. The Bertz CT molecular complexity index is 979. The summed E-state index contributed by atoms with van der Waals surface area (Å²) < 4.78 is 4.77. The van der Waals surface area contributed by atoms with Gasteiger partial charge < -0.3 is 25.4 Å².